The monoisotopic (exact) mass is 335 g/mol. The molecule has 24 heavy (non-hydrogen) atoms. The normalized spacial score (nSPS) is 27.0. The van der Waals surface area contributed by atoms with Gasteiger partial charge in [0.15, 0.2) is 0 Å². The third-order valence-corrected chi connectivity index (χ3v) is 5.19. The molecule has 0 aromatic heterocycles. The fourth-order valence-electron chi connectivity index (χ4n) is 3.77. The lowest BCUT2D eigenvalue weighted by atomic mass is 9.76. The first-order chi connectivity index (χ1) is 11.6. The molecule has 2 fully saturated rings. The lowest BCUT2D eigenvalue weighted by molar-refractivity contribution is -0.0560. The van der Waals surface area contributed by atoms with Crippen molar-refractivity contribution in [3.63, 3.8) is 0 Å². The predicted molar refractivity (Wildman–Crippen MR) is 88.4 cm³/mol. The van der Waals surface area contributed by atoms with Gasteiger partial charge in [0.1, 0.15) is 5.75 Å². The Kier molecular flexibility index (Phi) is 5.38. The van der Waals surface area contributed by atoms with Crippen molar-refractivity contribution in [2.75, 3.05) is 46.1 Å². The molecular weight excluding hydrogens is 310 g/mol. The molecule has 6 heteroatoms. The van der Waals surface area contributed by atoms with E-state index in [1.165, 1.54) is 0 Å². The molecule has 1 aromatic rings. The number of nitrogens with zero attached hydrogens (tertiary/aromatic N) is 1. The smallest absolute Gasteiger partial charge is 0.335 e. The highest BCUT2D eigenvalue weighted by atomic mass is 16.5. The van der Waals surface area contributed by atoms with E-state index in [0.29, 0.717) is 24.9 Å². The average Bonchev–Trinajstić information content (AvgIpc) is 2.98. The molecule has 1 aromatic carbocycles. The Bertz CT molecular complexity index is 561. The van der Waals surface area contributed by atoms with Crippen LogP contribution in [-0.2, 0) is 4.74 Å². The molecule has 2 N–H and O–H groups in total. The molecule has 2 aliphatic rings. The van der Waals surface area contributed by atoms with Crippen molar-refractivity contribution >= 4 is 5.97 Å². The summed E-state index contributed by atoms with van der Waals surface area (Å²) >= 11 is 0. The SMILES string of the molecule is O=C(O)c1ccc(OCCCN2C[C@@H]3CCOC[C@]3(CO)C2)cc1. The van der Waals surface area contributed by atoms with Crippen LogP contribution in [0.5, 0.6) is 5.75 Å². The van der Waals surface area contributed by atoms with Crippen molar-refractivity contribution in [1.82, 2.24) is 4.90 Å². The Morgan fingerprint density at radius 1 is 1.38 bits per heavy atom. The number of carboxylic acids is 1. The van der Waals surface area contributed by atoms with Gasteiger partial charge >= 0.3 is 5.97 Å². The number of aliphatic hydroxyl groups is 1. The Morgan fingerprint density at radius 2 is 2.17 bits per heavy atom. The highest BCUT2D eigenvalue weighted by molar-refractivity contribution is 5.87. The van der Waals surface area contributed by atoms with Crippen LogP contribution in [-0.4, -0.2) is 67.1 Å². The molecule has 2 saturated heterocycles. The van der Waals surface area contributed by atoms with Crippen molar-refractivity contribution in [3.8, 4) is 5.75 Å². The summed E-state index contributed by atoms with van der Waals surface area (Å²) in [6, 6.07) is 6.47. The molecule has 2 atom stereocenters. The van der Waals surface area contributed by atoms with E-state index in [9.17, 15) is 9.90 Å². The van der Waals surface area contributed by atoms with Crippen LogP contribution in [0.15, 0.2) is 24.3 Å². The summed E-state index contributed by atoms with van der Waals surface area (Å²) in [5.41, 5.74) is 0.185. The van der Waals surface area contributed by atoms with Gasteiger partial charge in [-0.05, 0) is 43.0 Å². The molecule has 2 heterocycles. The van der Waals surface area contributed by atoms with Crippen LogP contribution in [0.1, 0.15) is 23.2 Å². The number of benzene rings is 1. The molecular formula is C18H25NO5. The van der Waals surface area contributed by atoms with E-state index in [-0.39, 0.29) is 17.6 Å². The van der Waals surface area contributed by atoms with Crippen molar-refractivity contribution in [2.45, 2.75) is 12.8 Å². The highest BCUT2D eigenvalue weighted by Crippen LogP contribution is 2.40. The second kappa shape index (κ2) is 7.51. The first-order valence-electron chi connectivity index (χ1n) is 8.50. The maximum Gasteiger partial charge on any atom is 0.335 e. The largest absolute Gasteiger partial charge is 0.494 e. The van der Waals surface area contributed by atoms with E-state index in [2.05, 4.69) is 4.90 Å². The van der Waals surface area contributed by atoms with Crippen molar-refractivity contribution < 1.29 is 24.5 Å². The lowest BCUT2D eigenvalue weighted by Crippen LogP contribution is -2.43. The maximum atomic E-state index is 10.8. The number of carboxylic acid groups (broad SMARTS) is 1. The Morgan fingerprint density at radius 3 is 2.83 bits per heavy atom. The van der Waals surface area contributed by atoms with Gasteiger partial charge in [0.05, 0.1) is 25.4 Å². The molecule has 0 amide bonds. The maximum absolute atomic E-state index is 10.8. The zero-order valence-corrected chi connectivity index (χ0v) is 13.8. The summed E-state index contributed by atoms with van der Waals surface area (Å²) in [6.45, 7) is 5.10. The van der Waals surface area contributed by atoms with Gasteiger partial charge in [-0.2, -0.15) is 0 Å². The summed E-state index contributed by atoms with van der Waals surface area (Å²) in [5, 5.41) is 18.6. The third-order valence-electron chi connectivity index (χ3n) is 5.19. The predicted octanol–water partition coefficient (Wildman–Crippen LogP) is 1.48. The number of carbonyl (C=O) groups is 1. The van der Waals surface area contributed by atoms with Crippen LogP contribution in [0.25, 0.3) is 0 Å². The van der Waals surface area contributed by atoms with Crippen molar-refractivity contribution in [3.05, 3.63) is 29.8 Å². The van der Waals surface area contributed by atoms with Crippen LogP contribution in [0.4, 0.5) is 0 Å². The van der Waals surface area contributed by atoms with Gasteiger partial charge in [-0.3, -0.25) is 0 Å². The summed E-state index contributed by atoms with van der Waals surface area (Å²) in [7, 11) is 0. The zero-order chi connectivity index (χ0) is 17.0. The average molecular weight is 335 g/mol. The van der Waals surface area contributed by atoms with E-state index < -0.39 is 5.97 Å². The summed E-state index contributed by atoms with van der Waals surface area (Å²) in [4.78, 5) is 13.2. The van der Waals surface area contributed by atoms with Gasteiger partial charge in [-0.15, -0.1) is 0 Å². The zero-order valence-electron chi connectivity index (χ0n) is 13.8. The first kappa shape index (κ1) is 17.2. The quantitative estimate of drug-likeness (QED) is 0.735. The van der Waals surface area contributed by atoms with Crippen molar-refractivity contribution in [1.29, 1.82) is 0 Å². The van der Waals surface area contributed by atoms with Crippen LogP contribution >= 0.6 is 0 Å². The first-order valence-corrected chi connectivity index (χ1v) is 8.50. The Hall–Kier alpha value is -1.63. The molecule has 6 nitrogen and oxygen atoms in total. The summed E-state index contributed by atoms with van der Waals surface area (Å²) in [6.07, 6.45) is 1.93. The number of aliphatic hydroxyl groups excluding tert-OH is 1. The van der Waals surface area contributed by atoms with Crippen LogP contribution in [0.2, 0.25) is 0 Å². The fourth-order valence-corrected chi connectivity index (χ4v) is 3.77. The molecule has 0 aliphatic carbocycles. The van der Waals surface area contributed by atoms with E-state index in [1.807, 2.05) is 0 Å². The summed E-state index contributed by atoms with van der Waals surface area (Å²) < 4.78 is 11.3. The molecule has 0 spiro atoms. The lowest BCUT2D eigenvalue weighted by Gasteiger charge is -2.36. The van der Waals surface area contributed by atoms with Gasteiger partial charge in [0.25, 0.3) is 0 Å². The molecule has 0 radical (unpaired) electrons. The number of ether oxygens (including phenoxy) is 2. The molecule has 3 rings (SSSR count). The minimum absolute atomic E-state index is 0.0776. The second-order valence-electron chi connectivity index (χ2n) is 6.83. The van der Waals surface area contributed by atoms with Gasteiger partial charge < -0.3 is 24.6 Å². The fraction of sp³-hybridized carbons (Fsp3) is 0.611. The molecule has 132 valence electrons. The second-order valence-corrected chi connectivity index (χ2v) is 6.83. The van der Waals surface area contributed by atoms with Crippen molar-refractivity contribution in [2.24, 2.45) is 11.3 Å². The molecule has 0 bridgehead atoms. The highest BCUT2D eigenvalue weighted by Gasteiger charge is 2.47. The van der Waals surface area contributed by atoms with Crippen LogP contribution in [0.3, 0.4) is 0 Å². The molecule has 0 saturated carbocycles. The van der Waals surface area contributed by atoms with Gasteiger partial charge in [0, 0.05) is 31.7 Å². The van der Waals surface area contributed by atoms with E-state index in [1.54, 1.807) is 24.3 Å². The number of hydrogen-bond donors (Lipinski definition) is 2. The van der Waals surface area contributed by atoms with Crippen LogP contribution in [0, 0.1) is 11.3 Å². The van der Waals surface area contributed by atoms with E-state index in [4.69, 9.17) is 14.6 Å². The summed E-state index contributed by atoms with van der Waals surface area (Å²) in [5.74, 6) is 0.287. The molecule has 2 aliphatic heterocycles. The van der Waals surface area contributed by atoms with Crippen LogP contribution < -0.4 is 4.74 Å². The minimum Gasteiger partial charge on any atom is -0.494 e. The Balaban J connectivity index is 1.41. The van der Waals surface area contributed by atoms with Gasteiger partial charge in [-0.1, -0.05) is 0 Å². The minimum atomic E-state index is -0.932. The standard InChI is InChI=1S/C18H25NO5/c20-12-18-11-19(10-15(18)6-9-23-13-18)7-1-8-24-16-4-2-14(3-5-16)17(21)22/h2-5,15,20H,1,6-13H2,(H,21,22)/t15-,18+/m0/s1. The topological polar surface area (TPSA) is 79.2 Å². The van der Waals surface area contributed by atoms with Gasteiger partial charge in [0.2, 0.25) is 0 Å². The molecule has 0 unspecified atom stereocenters. The number of rotatable bonds is 7. The van der Waals surface area contributed by atoms with E-state index in [0.717, 1.165) is 39.1 Å². The number of aromatic carboxylic acids is 1. The number of fused-ring (bicyclic) bond motifs is 1. The Labute approximate surface area is 142 Å². The van der Waals surface area contributed by atoms with Gasteiger partial charge in [-0.25, -0.2) is 4.79 Å². The number of likely N-dealkylation sites (tertiary alicyclic amines) is 1. The number of hydrogen-bond acceptors (Lipinski definition) is 5. The third kappa shape index (κ3) is 3.71. The van der Waals surface area contributed by atoms with E-state index >= 15 is 0 Å².